The third-order valence-corrected chi connectivity index (χ3v) is 3.77. The van der Waals surface area contributed by atoms with Crippen LogP contribution in [0.25, 0.3) is 0 Å². The molecule has 2 N–H and O–H groups in total. The van der Waals surface area contributed by atoms with Crippen molar-refractivity contribution in [2.45, 2.75) is 38.1 Å². The number of nitrogens with zero attached hydrogens (tertiary/aromatic N) is 1. The highest BCUT2D eigenvalue weighted by Gasteiger charge is 2.29. The van der Waals surface area contributed by atoms with Gasteiger partial charge in [0.1, 0.15) is 5.78 Å². The van der Waals surface area contributed by atoms with E-state index in [1.807, 2.05) is 12.3 Å². The van der Waals surface area contributed by atoms with Crippen LogP contribution < -0.4 is 5.73 Å². The number of carbonyl (C=O) groups is 1. The van der Waals surface area contributed by atoms with E-state index in [1.54, 1.807) is 11.3 Å². The highest BCUT2D eigenvalue weighted by molar-refractivity contribution is 7.09. The molecule has 1 saturated carbocycles. The van der Waals surface area contributed by atoms with Gasteiger partial charge in [0.2, 0.25) is 0 Å². The standard InChI is InChI=1S/C10H14N2OS/c1-6-5-14-10(12-6)8-4-7(13)2-3-9(8)11/h5,8-9H,2-4,11H2,1H3. The van der Waals surface area contributed by atoms with Crippen LogP contribution in [0.2, 0.25) is 0 Å². The molecule has 1 heterocycles. The number of aromatic nitrogens is 1. The Morgan fingerprint density at radius 2 is 2.43 bits per heavy atom. The SMILES string of the molecule is Cc1csc(C2CC(=O)CCC2N)n1. The number of carbonyl (C=O) groups excluding carboxylic acids is 1. The van der Waals surface area contributed by atoms with E-state index in [2.05, 4.69) is 4.98 Å². The van der Waals surface area contributed by atoms with Gasteiger partial charge < -0.3 is 5.73 Å². The number of ketones is 1. The maximum Gasteiger partial charge on any atom is 0.133 e. The summed E-state index contributed by atoms with van der Waals surface area (Å²) in [6.07, 6.45) is 2.03. The van der Waals surface area contributed by atoms with Crippen molar-refractivity contribution in [2.24, 2.45) is 5.73 Å². The predicted octanol–water partition coefficient (Wildman–Crippen LogP) is 1.62. The molecule has 2 atom stereocenters. The summed E-state index contributed by atoms with van der Waals surface area (Å²) in [7, 11) is 0. The Balaban J connectivity index is 2.19. The Hall–Kier alpha value is -0.740. The normalized spacial score (nSPS) is 28.0. The summed E-state index contributed by atoms with van der Waals surface area (Å²) in [4.78, 5) is 15.7. The maximum absolute atomic E-state index is 11.3. The van der Waals surface area contributed by atoms with Crippen LogP contribution in [0.4, 0.5) is 0 Å². The number of thiazole rings is 1. The van der Waals surface area contributed by atoms with E-state index in [4.69, 9.17) is 5.73 Å². The Morgan fingerprint density at radius 3 is 3.07 bits per heavy atom. The lowest BCUT2D eigenvalue weighted by molar-refractivity contribution is -0.120. The van der Waals surface area contributed by atoms with Crippen LogP contribution in [0.1, 0.15) is 35.9 Å². The summed E-state index contributed by atoms with van der Waals surface area (Å²) in [6.45, 7) is 1.97. The summed E-state index contributed by atoms with van der Waals surface area (Å²) >= 11 is 1.62. The second kappa shape index (κ2) is 3.79. The molecule has 1 aliphatic carbocycles. The lowest BCUT2D eigenvalue weighted by atomic mass is 9.85. The molecular formula is C10H14N2OS. The van der Waals surface area contributed by atoms with Gasteiger partial charge in [-0.05, 0) is 13.3 Å². The minimum atomic E-state index is 0.109. The molecule has 0 aromatic carbocycles. The van der Waals surface area contributed by atoms with Gasteiger partial charge in [0, 0.05) is 35.9 Å². The predicted molar refractivity (Wildman–Crippen MR) is 56.4 cm³/mol. The second-order valence-electron chi connectivity index (χ2n) is 3.88. The van der Waals surface area contributed by atoms with Crippen LogP contribution in [0.5, 0.6) is 0 Å². The van der Waals surface area contributed by atoms with E-state index in [9.17, 15) is 4.79 Å². The largest absolute Gasteiger partial charge is 0.327 e. The van der Waals surface area contributed by atoms with Gasteiger partial charge in [-0.2, -0.15) is 0 Å². The van der Waals surface area contributed by atoms with Gasteiger partial charge in [-0.3, -0.25) is 4.79 Å². The number of rotatable bonds is 1. The summed E-state index contributed by atoms with van der Waals surface area (Å²) in [5.74, 6) is 0.486. The molecule has 0 saturated heterocycles. The maximum atomic E-state index is 11.3. The number of nitrogens with two attached hydrogens (primary N) is 1. The van der Waals surface area contributed by atoms with Crippen LogP contribution in [0.3, 0.4) is 0 Å². The van der Waals surface area contributed by atoms with Crippen molar-refractivity contribution >= 4 is 17.1 Å². The smallest absolute Gasteiger partial charge is 0.133 e. The Labute approximate surface area is 87.3 Å². The molecule has 1 aliphatic rings. The molecule has 4 heteroatoms. The summed E-state index contributed by atoms with van der Waals surface area (Å²) < 4.78 is 0. The second-order valence-corrected chi connectivity index (χ2v) is 4.77. The minimum Gasteiger partial charge on any atom is -0.327 e. The lowest BCUT2D eigenvalue weighted by Gasteiger charge is -2.25. The monoisotopic (exact) mass is 210 g/mol. The van der Waals surface area contributed by atoms with E-state index in [1.165, 1.54) is 0 Å². The van der Waals surface area contributed by atoms with Gasteiger partial charge in [-0.1, -0.05) is 0 Å². The number of Topliss-reactive ketones (excluding diaryl/α,β-unsaturated/α-hetero) is 1. The van der Waals surface area contributed by atoms with Crippen LogP contribution in [0.15, 0.2) is 5.38 Å². The van der Waals surface area contributed by atoms with Crippen molar-refractivity contribution in [3.63, 3.8) is 0 Å². The average Bonchev–Trinajstić information content (AvgIpc) is 2.56. The number of hydrogen-bond donors (Lipinski definition) is 1. The van der Waals surface area contributed by atoms with Crippen LogP contribution in [-0.2, 0) is 4.79 Å². The molecule has 1 aromatic rings. The van der Waals surface area contributed by atoms with Gasteiger partial charge in [-0.15, -0.1) is 11.3 Å². The quantitative estimate of drug-likeness (QED) is 0.766. The zero-order chi connectivity index (χ0) is 10.1. The molecule has 2 unspecified atom stereocenters. The number of aryl methyl sites for hydroxylation is 1. The van der Waals surface area contributed by atoms with Crippen molar-refractivity contribution in [2.75, 3.05) is 0 Å². The van der Waals surface area contributed by atoms with Crippen molar-refractivity contribution < 1.29 is 4.79 Å². The van der Waals surface area contributed by atoms with Crippen LogP contribution in [-0.4, -0.2) is 16.8 Å². The fraction of sp³-hybridized carbons (Fsp3) is 0.600. The zero-order valence-electron chi connectivity index (χ0n) is 8.19. The van der Waals surface area contributed by atoms with Crippen molar-refractivity contribution in [1.82, 2.24) is 4.98 Å². The molecule has 3 nitrogen and oxygen atoms in total. The molecule has 76 valence electrons. The topological polar surface area (TPSA) is 56.0 Å². The van der Waals surface area contributed by atoms with Gasteiger partial charge >= 0.3 is 0 Å². The molecule has 0 bridgehead atoms. The van der Waals surface area contributed by atoms with Crippen molar-refractivity contribution in [1.29, 1.82) is 0 Å². The zero-order valence-corrected chi connectivity index (χ0v) is 9.01. The molecule has 0 spiro atoms. The Bertz CT molecular complexity index is 348. The first-order valence-corrected chi connectivity index (χ1v) is 5.74. The average molecular weight is 210 g/mol. The van der Waals surface area contributed by atoms with Crippen LogP contribution >= 0.6 is 11.3 Å². The summed E-state index contributed by atoms with van der Waals surface area (Å²) in [5, 5.41) is 3.05. The van der Waals surface area contributed by atoms with E-state index < -0.39 is 0 Å². The minimum absolute atomic E-state index is 0.109. The van der Waals surface area contributed by atoms with Gasteiger partial charge in [0.15, 0.2) is 0 Å². The highest BCUT2D eigenvalue weighted by Crippen LogP contribution is 2.31. The molecule has 14 heavy (non-hydrogen) atoms. The molecular weight excluding hydrogens is 196 g/mol. The first kappa shape index (κ1) is 9.80. The summed E-state index contributed by atoms with van der Waals surface area (Å²) in [5.41, 5.74) is 7.02. The number of hydrogen-bond acceptors (Lipinski definition) is 4. The summed E-state index contributed by atoms with van der Waals surface area (Å²) in [6, 6.07) is 0.109. The van der Waals surface area contributed by atoms with Crippen LogP contribution in [0, 0.1) is 6.92 Å². The van der Waals surface area contributed by atoms with E-state index >= 15 is 0 Å². The molecule has 0 amide bonds. The molecule has 0 aliphatic heterocycles. The van der Waals surface area contributed by atoms with E-state index in [-0.39, 0.29) is 12.0 Å². The first-order chi connectivity index (χ1) is 6.66. The molecule has 2 rings (SSSR count). The third-order valence-electron chi connectivity index (χ3n) is 2.67. The highest BCUT2D eigenvalue weighted by atomic mass is 32.1. The molecule has 0 radical (unpaired) electrons. The van der Waals surface area contributed by atoms with Crippen molar-refractivity contribution in [3.8, 4) is 0 Å². The fourth-order valence-corrected chi connectivity index (χ4v) is 2.81. The first-order valence-electron chi connectivity index (χ1n) is 4.86. The van der Waals surface area contributed by atoms with E-state index in [0.717, 1.165) is 17.1 Å². The Morgan fingerprint density at radius 1 is 1.64 bits per heavy atom. The van der Waals surface area contributed by atoms with E-state index in [0.29, 0.717) is 18.6 Å². The Kier molecular flexibility index (Phi) is 2.65. The van der Waals surface area contributed by atoms with Gasteiger partial charge in [0.25, 0.3) is 0 Å². The van der Waals surface area contributed by atoms with Crippen molar-refractivity contribution in [3.05, 3.63) is 16.1 Å². The van der Waals surface area contributed by atoms with Gasteiger partial charge in [0.05, 0.1) is 5.01 Å². The third kappa shape index (κ3) is 1.86. The fourth-order valence-electron chi connectivity index (χ4n) is 1.84. The van der Waals surface area contributed by atoms with Gasteiger partial charge in [-0.25, -0.2) is 4.98 Å². The molecule has 1 aromatic heterocycles. The molecule has 1 fully saturated rings. The lowest BCUT2D eigenvalue weighted by Crippen LogP contribution is -2.34.